The Labute approximate surface area is 105 Å². The summed E-state index contributed by atoms with van der Waals surface area (Å²) in [6.45, 7) is 7.05. The first-order valence-electron chi connectivity index (χ1n) is 5.27. The van der Waals surface area contributed by atoms with Crippen LogP contribution in [-0.4, -0.2) is 33.9 Å². The first kappa shape index (κ1) is 16.0. The van der Waals surface area contributed by atoms with Crippen molar-refractivity contribution in [2.24, 2.45) is 5.41 Å². The van der Waals surface area contributed by atoms with Crippen LogP contribution >= 0.6 is 11.8 Å². The van der Waals surface area contributed by atoms with Crippen LogP contribution in [0.5, 0.6) is 0 Å². The molecule has 0 aromatic carbocycles. The second kappa shape index (κ2) is 6.64. The molecule has 0 aliphatic heterocycles. The third-order valence-corrected chi connectivity index (χ3v) is 2.68. The van der Waals surface area contributed by atoms with Crippen LogP contribution in [0.3, 0.4) is 0 Å². The number of aliphatic carboxylic acids is 1. The summed E-state index contributed by atoms with van der Waals surface area (Å²) in [6, 6.07) is -1.02. The van der Waals surface area contributed by atoms with E-state index in [1.54, 1.807) is 0 Å². The van der Waals surface area contributed by atoms with Crippen molar-refractivity contribution < 1.29 is 19.5 Å². The molecule has 0 saturated carbocycles. The molecule has 6 heteroatoms. The zero-order valence-corrected chi connectivity index (χ0v) is 11.4. The molecule has 0 spiro atoms. The Bertz CT molecular complexity index is 309. The van der Waals surface area contributed by atoms with Crippen molar-refractivity contribution >= 4 is 28.8 Å². The summed E-state index contributed by atoms with van der Waals surface area (Å²) in [6.07, 6.45) is 0.252. The van der Waals surface area contributed by atoms with Crippen LogP contribution in [0, 0.1) is 5.41 Å². The number of hydrogen-bond acceptors (Lipinski definition) is 4. The van der Waals surface area contributed by atoms with Crippen molar-refractivity contribution in [3.05, 3.63) is 0 Å². The summed E-state index contributed by atoms with van der Waals surface area (Å²) in [5.41, 5.74) is -0.194. The highest BCUT2D eigenvalue weighted by molar-refractivity contribution is 8.13. The van der Waals surface area contributed by atoms with Crippen LogP contribution < -0.4 is 5.32 Å². The predicted octanol–water partition coefficient (Wildman–Crippen LogP) is 1.27. The number of hydrogen-bond donors (Lipinski definition) is 2. The molecule has 0 heterocycles. The first-order valence-corrected chi connectivity index (χ1v) is 6.26. The molecular formula is C11H19NO4S. The van der Waals surface area contributed by atoms with E-state index in [0.717, 1.165) is 11.8 Å². The van der Waals surface area contributed by atoms with Gasteiger partial charge < -0.3 is 10.4 Å². The highest BCUT2D eigenvalue weighted by Crippen LogP contribution is 2.18. The number of carboxylic acids is 1. The average molecular weight is 261 g/mol. The van der Waals surface area contributed by atoms with Crippen LogP contribution in [0.1, 0.15) is 34.1 Å². The van der Waals surface area contributed by atoms with Gasteiger partial charge in [-0.2, -0.15) is 0 Å². The Morgan fingerprint density at radius 2 is 1.82 bits per heavy atom. The molecule has 98 valence electrons. The van der Waals surface area contributed by atoms with Gasteiger partial charge in [0.05, 0.1) is 0 Å². The van der Waals surface area contributed by atoms with Crippen LogP contribution in [0.25, 0.3) is 0 Å². The Balaban J connectivity index is 4.30. The molecule has 0 fully saturated rings. The van der Waals surface area contributed by atoms with Crippen molar-refractivity contribution in [3.8, 4) is 0 Å². The first-order chi connectivity index (χ1) is 7.61. The molecule has 0 aromatic rings. The van der Waals surface area contributed by atoms with Crippen LogP contribution in [0.4, 0.5) is 0 Å². The fourth-order valence-corrected chi connectivity index (χ4v) is 1.73. The fourth-order valence-electron chi connectivity index (χ4n) is 1.10. The summed E-state index contributed by atoms with van der Waals surface area (Å²) in [5, 5.41) is 11.1. The second-order valence-corrected chi connectivity index (χ2v) is 6.20. The van der Waals surface area contributed by atoms with Gasteiger partial charge in [0.15, 0.2) is 5.12 Å². The molecule has 0 aliphatic rings. The van der Waals surface area contributed by atoms with E-state index in [9.17, 15) is 14.4 Å². The van der Waals surface area contributed by atoms with Gasteiger partial charge in [-0.25, -0.2) is 4.79 Å². The number of carboxylic acid groups (broad SMARTS) is 1. The minimum atomic E-state index is -1.12. The molecule has 0 saturated heterocycles. The maximum Gasteiger partial charge on any atom is 0.327 e. The zero-order chi connectivity index (χ0) is 13.6. The largest absolute Gasteiger partial charge is 0.480 e. The molecule has 0 rings (SSSR count). The molecule has 1 atom stereocenters. The maximum atomic E-state index is 11.5. The smallest absolute Gasteiger partial charge is 0.327 e. The Hall–Kier alpha value is -1.04. The summed E-state index contributed by atoms with van der Waals surface area (Å²) < 4.78 is 0. The monoisotopic (exact) mass is 261 g/mol. The molecule has 2 N–H and O–H groups in total. The third-order valence-electron chi connectivity index (χ3n) is 1.78. The SMILES string of the molecule is CC(=O)SCC(NC(=O)CC(C)(C)C)C(=O)O. The van der Waals surface area contributed by atoms with Crippen LogP contribution in [0.15, 0.2) is 0 Å². The summed E-state index contributed by atoms with van der Waals surface area (Å²) >= 11 is 0.893. The number of carbonyl (C=O) groups is 3. The summed E-state index contributed by atoms with van der Waals surface area (Å²) in [5.74, 6) is -1.38. The van der Waals surface area contributed by atoms with Gasteiger partial charge in [-0.3, -0.25) is 9.59 Å². The Morgan fingerprint density at radius 3 is 2.18 bits per heavy atom. The van der Waals surface area contributed by atoms with E-state index in [1.807, 2.05) is 20.8 Å². The minimum Gasteiger partial charge on any atom is -0.480 e. The quantitative estimate of drug-likeness (QED) is 0.778. The molecule has 0 radical (unpaired) electrons. The summed E-state index contributed by atoms with van der Waals surface area (Å²) in [4.78, 5) is 33.2. The molecule has 0 aliphatic carbocycles. The lowest BCUT2D eigenvalue weighted by Crippen LogP contribution is -2.43. The van der Waals surface area contributed by atoms with Crippen LogP contribution in [-0.2, 0) is 14.4 Å². The topological polar surface area (TPSA) is 83.5 Å². The summed E-state index contributed by atoms with van der Waals surface area (Å²) in [7, 11) is 0. The van der Waals surface area contributed by atoms with Crippen molar-refractivity contribution in [2.45, 2.75) is 40.2 Å². The molecule has 17 heavy (non-hydrogen) atoms. The van der Waals surface area contributed by atoms with E-state index in [-0.39, 0.29) is 28.6 Å². The zero-order valence-electron chi connectivity index (χ0n) is 10.6. The van der Waals surface area contributed by atoms with Crippen molar-refractivity contribution in [2.75, 3.05) is 5.75 Å². The van der Waals surface area contributed by atoms with Gasteiger partial charge in [0.25, 0.3) is 0 Å². The van der Waals surface area contributed by atoms with Gasteiger partial charge in [0.1, 0.15) is 6.04 Å². The van der Waals surface area contributed by atoms with Gasteiger partial charge in [-0.1, -0.05) is 32.5 Å². The molecule has 1 amide bonds. The number of amides is 1. The van der Waals surface area contributed by atoms with E-state index in [4.69, 9.17) is 5.11 Å². The van der Waals surface area contributed by atoms with Gasteiger partial charge in [-0.15, -0.1) is 0 Å². The third kappa shape index (κ3) is 8.74. The number of carbonyl (C=O) groups excluding carboxylic acids is 2. The normalized spacial score (nSPS) is 12.9. The van der Waals surface area contributed by atoms with E-state index < -0.39 is 12.0 Å². The van der Waals surface area contributed by atoms with Gasteiger partial charge in [0, 0.05) is 19.1 Å². The van der Waals surface area contributed by atoms with Gasteiger partial charge in [0.2, 0.25) is 5.91 Å². The molecule has 0 bridgehead atoms. The lowest BCUT2D eigenvalue weighted by atomic mass is 9.92. The van der Waals surface area contributed by atoms with Gasteiger partial charge >= 0.3 is 5.97 Å². The number of rotatable bonds is 5. The van der Waals surface area contributed by atoms with Gasteiger partial charge in [-0.05, 0) is 5.41 Å². The minimum absolute atomic E-state index is 0.0561. The predicted molar refractivity (Wildman–Crippen MR) is 66.8 cm³/mol. The average Bonchev–Trinajstić information content (AvgIpc) is 2.08. The van der Waals surface area contributed by atoms with Crippen molar-refractivity contribution in [1.82, 2.24) is 5.32 Å². The highest BCUT2D eigenvalue weighted by Gasteiger charge is 2.23. The second-order valence-electron chi connectivity index (χ2n) is 5.00. The van der Waals surface area contributed by atoms with E-state index in [2.05, 4.69) is 5.32 Å². The molecule has 1 unspecified atom stereocenters. The van der Waals surface area contributed by atoms with E-state index in [0.29, 0.717) is 0 Å². The lowest BCUT2D eigenvalue weighted by Gasteiger charge is -2.19. The van der Waals surface area contributed by atoms with E-state index >= 15 is 0 Å². The standard InChI is InChI=1S/C11H19NO4S/c1-7(13)17-6-8(10(15)16)12-9(14)5-11(2,3)4/h8H,5-6H2,1-4H3,(H,12,14)(H,15,16). The van der Waals surface area contributed by atoms with Crippen molar-refractivity contribution in [1.29, 1.82) is 0 Å². The van der Waals surface area contributed by atoms with Crippen molar-refractivity contribution in [3.63, 3.8) is 0 Å². The fraction of sp³-hybridized carbons (Fsp3) is 0.727. The van der Waals surface area contributed by atoms with E-state index in [1.165, 1.54) is 6.92 Å². The lowest BCUT2D eigenvalue weighted by molar-refractivity contribution is -0.141. The molecule has 0 aromatic heterocycles. The highest BCUT2D eigenvalue weighted by atomic mass is 32.2. The Kier molecular flexibility index (Phi) is 6.23. The Morgan fingerprint density at radius 1 is 1.29 bits per heavy atom. The molecule has 5 nitrogen and oxygen atoms in total. The number of nitrogens with one attached hydrogen (secondary N) is 1. The van der Waals surface area contributed by atoms with Crippen LogP contribution in [0.2, 0.25) is 0 Å². The maximum absolute atomic E-state index is 11.5. The molecular weight excluding hydrogens is 242 g/mol. The number of thioether (sulfide) groups is 1.